The maximum Gasteiger partial charge on any atom is 0.474 e. The number of hydrogen-bond donors (Lipinski definition) is 0. The molecule has 1 unspecified atom stereocenters. The number of rotatable bonds is 2. The summed E-state index contributed by atoms with van der Waals surface area (Å²) < 4.78 is 10.2. The van der Waals surface area contributed by atoms with Crippen LogP contribution in [0.15, 0.2) is 17.3 Å². The van der Waals surface area contributed by atoms with Gasteiger partial charge >= 0.3 is 14.4 Å². The molecule has 0 amide bonds. The van der Waals surface area contributed by atoms with Gasteiger partial charge in [-0.2, -0.15) is 4.99 Å². The van der Waals surface area contributed by atoms with Gasteiger partial charge in [0.1, 0.15) is 0 Å². The third kappa shape index (κ3) is 1.50. The SMILES string of the molecule is Cc1ccnc(N=C2OB2C2[B]O2)n1. The van der Waals surface area contributed by atoms with Crippen LogP contribution in [0.3, 0.4) is 0 Å². The monoisotopic (exact) mass is 186 g/mol. The topological polar surface area (TPSA) is 63.2 Å². The highest BCUT2D eigenvalue weighted by molar-refractivity contribution is 7.04. The lowest BCUT2D eigenvalue weighted by Crippen LogP contribution is -2.04. The van der Waals surface area contributed by atoms with Crippen LogP contribution in [-0.2, 0) is 9.31 Å². The molecule has 1 atom stereocenters. The van der Waals surface area contributed by atoms with E-state index < -0.39 is 0 Å². The van der Waals surface area contributed by atoms with Gasteiger partial charge in [0, 0.05) is 11.9 Å². The summed E-state index contributed by atoms with van der Waals surface area (Å²) in [7, 11) is 1.73. The first-order valence-corrected chi connectivity index (χ1v) is 4.36. The molecule has 67 valence electrons. The zero-order valence-corrected chi connectivity index (χ0v) is 7.54. The van der Waals surface area contributed by atoms with Gasteiger partial charge in [-0.25, -0.2) is 9.97 Å². The molecule has 0 aromatic carbocycles. The Morgan fingerprint density at radius 3 is 3.21 bits per heavy atom. The van der Waals surface area contributed by atoms with Crippen molar-refractivity contribution in [3.63, 3.8) is 0 Å². The molecule has 2 aliphatic rings. The molecule has 14 heavy (non-hydrogen) atoms. The molecule has 0 bridgehead atoms. The van der Waals surface area contributed by atoms with Crippen molar-refractivity contribution >= 4 is 26.1 Å². The third-order valence-electron chi connectivity index (χ3n) is 2.02. The van der Waals surface area contributed by atoms with E-state index in [1.54, 1.807) is 13.7 Å². The molecular weight excluding hydrogens is 180 g/mol. The minimum absolute atomic E-state index is 0.000822. The first-order chi connectivity index (χ1) is 6.83. The van der Waals surface area contributed by atoms with Crippen LogP contribution in [0.25, 0.3) is 0 Å². The van der Waals surface area contributed by atoms with Crippen molar-refractivity contribution in [3.8, 4) is 0 Å². The van der Waals surface area contributed by atoms with E-state index in [-0.39, 0.29) is 12.8 Å². The Morgan fingerprint density at radius 2 is 2.50 bits per heavy atom. The average molecular weight is 186 g/mol. The fourth-order valence-electron chi connectivity index (χ4n) is 1.17. The Bertz CT molecular complexity index is 408. The van der Waals surface area contributed by atoms with E-state index in [9.17, 15) is 0 Å². The van der Waals surface area contributed by atoms with E-state index >= 15 is 0 Å². The lowest BCUT2D eigenvalue weighted by molar-refractivity contribution is 0.513. The van der Waals surface area contributed by atoms with Crippen LogP contribution in [0.5, 0.6) is 0 Å². The van der Waals surface area contributed by atoms with Crippen LogP contribution in [0, 0.1) is 6.92 Å². The van der Waals surface area contributed by atoms with Crippen LogP contribution in [0.2, 0.25) is 0 Å². The van der Waals surface area contributed by atoms with Crippen LogP contribution in [-0.4, -0.2) is 36.1 Å². The van der Waals surface area contributed by atoms with E-state index in [1.807, 2.05) is 13.0 Å². The Morgan fingerprint density at radius 1 is 1.64 bits per heavy atom. The van der Waals surface area contributed by atoms with E-state index in [2.05, 4.69) is 15.0 Å². The number of aryl methyl sites for hydroxylation is 1. The highest BCUT2D eigenvalue weighted by Crippen LogP contribution is 2.24. The fraction of sp³-hybridized carbons (Fsp3) is 0.286. The Hall–Kier alpha value is -1.36. The normalized spacial score (nSPS) is 25.6. The zero-order chi connectivity index (χ0) is 9.54. The molecule has 1 aromatic heterocycles. The molecule has 1 aromatic rings. The van der Waals surface area contributed by atoms with Gasteiger partial charge in [-0.3, -0.25) is 0 Å². The third-order valence-corrected chi connectivity index (χ3v) is 2.02. The predicted octanol–water partition coefficient (Wildman–Crippen LogP) is -0.109. The van der Waals surface area contributed by atoms with E-state index in [0.29, 0.717) is 11.7 Å². The van der Waals surface area contributed by atoms with Gasteiger partial charge in [-0.05, 0) is 13.0 Å². The molecule has 0 saturated carbocycles. The van der Waals surface area contributed by atoms with Crippen molar-refractivity contribution in [2.24, 2.45) is 4.99 Å². The van der Waals surface area contributed by atoms with Crippen LogP contribution in [0.4, 0.5) is 5.95 Å². The van der Waals surface area contributed by atoms with Gasteiger partial charge in [0.2, 0.25) is 0 Å². The summed E-state index contributed by atoms with van der Waals surface area (Å²) in [5.74, 6) is 1.20. The van der Waals surface area contributed by atoms with Gasteiger partial charge in [-0.15, -0.1) is 0 Å². The van der Waals surface area contributed by atoms with Gasteiger partial charge in [0.15, 0.2) is 5.80 Å². The summed E-state index contributed by atoms with van der Waals surface area (Å²) in [5, 5.41) is 0. The summed E-state index contributed by atoms with van der Waals surface area (Å²) in [6.07, 6.45) is 1.68. The fourth-order valence-corrected chi connectivity index (χ4v) is 1.17. The predicted molar refractivity (Wildman–Crippen MR) is 51.3 cm³/mol. The molecule has 3 rings (SSSR count). The number of aromatic nitrogens is 2. The quantitative estimate of drug-likeness (QED) is 0.477. The largest absolute Gasteiger partial charge is 0.544 e. The van der Waals surface area contributed by atoms with Crippen molar-refractivity contribution in [1.29, 1.82) is 0 Å². The van der Waals surface area contributed by atoms with Gasteiger partial charge in [0.05, 0.1) is 5.90 Å². The highest BCUT2D eigenvalue weighted by Gasteiger charge is 2.57. The summed E-state index contributed by atoms with van der Waals surface area (Å²) in [6.45, 7) is 1.90. The van der Waals surface area contributed by atoms with Crippen molar-refractivity contribution in [2.45, 2.75) is 12.8 Å². The second-order valence-corrected chi connectivity index (χ2v) is 3.22. The van der Waals surface area contributed by atoms with Crippen LogP contribution in [0.1, 0.15) is 5.69 Å². The molecule has 0 N–H and O–H groups in total. The number of aliphatic imine (C=N–C) groups is 1. The molecule has 3 heterocycles. The summed E-state index contributed by atoms with van der Waals surface area (Å²) in [5.41, 5.74) is 0.894. The molecule has 2 aliphatic heterocycles. The number of hydrogen-bond acceptors (Lipinski definition) is 5. The summed E-state index contributed by atoms with van der Waals surface area (Å²) in [6, 6.07) is 1.83. The molecule has 0 aliphatic carbocycles. The van der Waals surface area contributed by atoms with Crippen molar-refractivity contribution in [2.75, 3.05) is 0 Å². The zero-order valence-electron chi connectivity index (χ0n) is 7.54. The first-order valence-electron chi connectivity index (χ1n) is 4.36. The first kappa shape index (κ1) is 7.99. The van der Waals surface area contributed by atoms with Gasteiger partial charge in [-0.1, -0.05) is 0 Å². The standard InChI is InChI=1S/C7H6B2N3O2/c1-4-2-3-10-7(11-4)12-6-9(14-6)5-8-13-5/h2-3,5H,1H3. The highest BCUT2D eigenvalue weighted by atomic mass is 16.6. The van der Waals surface area contributed by atoms with Gasteiger partial charge in [0.25, 0.3) is 5.95 Å². The van der Waals surface area contributed by atoms with E-state index in [1.165, 1.54) is 0 Å². The van der Waals surface area contributed by atoms with E-state index in [0.717, 1.165) is 5.69 Å². The summed E-state index contributed by atoms with van der Waals surface area (Å²) >= 11 is 0. The average Bonchev–Trinajstić information content (AvgIpc) is 2.96. The maximum absolute atomic E-state index is 5.20. The Labute approximate surface area is 82.0 Å². The van der Waals surface area contributed by atoms with Crippen molar-refractivity contribution in [3.05, 3.63) is 18.0 Å². The molecule has 5 nitrogen and oxygen atoms in total. The Kier molecular flexibility index (Phi) is 1.61. The smallest absolute Gasteiger partial charge is 0.474 e. The molecule has 0 spiro atoms. The molecule has 7 heteroatoms. The number of nitrogens with zero attached hydrogens (tertiary/aromatic N) is 3. The molecule has 2 saturated heterocycles. The maximum atomic E-state index is 5.20. The van der Waals surface area contributed by atoms with Crippen molar-refractivity contribution < 1.29 is 9.31 Å². The second kappa shape index (κ2) is 2.81. The molecular formula is C7H6B2N3O2. The van der Waals surface area contributed by atoms with E-state index in [4.69, 9.17) is 9.31 Å². The van der Waals surface area contributed by atoms with Crippen LogP contribution >= 0.6 is 0 Å². The van der Waals surface area contributed by atoms with Crippen LogP contribution < -0.4 is 0 Å². The lowest BCUT2D eigenvalue weighted by Gasteiger charge is -1.90. The molecule has 1 radical (unpaired) electrons. The minimum atomic E-state index is -0.000822. The van der Waals surface area contributed by atoms with Gasteiger partial charge < -0.3 is 9.31 Å². The lowest BCUT2D eigenvalue weighted by atomic mass is 9.65. The summed E-state index contributed by atoms with van der Waals surface area (Å²) in [4.78, 5) is 12.3. The minimum Gasteiger partial charge on any atom is -0.544 e. The second-order valence-electron chi connectivity index (χ2n) is 3.22. The Balaban J connectivity index is 1.78. The molecule has 2 fully saturated rings. The van der Waals surface area contributed by atoms with Crippen molar-refractivity contribution in [1.82, 2.24) is 9.97 Å².